The molecule has 0 atom stereocenters. The van der Waals surface area contributed by atoms with Crippen molar-refractivity contribution in [3.8, 4) is 17.5 Å². The lowest BCUT2D eigenvalue weighted by Gasteiger charge is -2.03. The van der Waals surface area contributed by atoms with Crippen LogP contribution in [0.2, 0.25) is 0 Å². The molecule has 0 aliphatic rings. The van der Waals surface area contributed by atoms with E-state index in [0.717, 1.165) is 11.3 Å². The number of benzene rings is 2. The predicted molar refractivity (Wildman–Crippen MR) is 104 cm³/mol. The van der Waals surface area contributed by atoms with E-state index in [2.05, 4.69) is 27.4 Å². The van der Waals surface area contributed by atoms with Crippen LogP contribution in [0, 0.1) is 25.7 Å². The molecule has 0 aliphatic heterocycles. The quantitative estimate of drug-likeness (QED) is 0.386. The summed E-state index contributed by atoms with van der Waals surface area (Å²) in [5.41, 5.74) is 3.69. The molecular weight excluding hydrogens is 360 g/mol. The number of carbonyl (C=O) groups is 1. The van der Waals surface area contributed by atoms with Crippen molar-refractivity contribution < 1.29 is 9.53 Å². The van der Waals surface area contributed by atoms with E-state index in [9.17, 15) is 4.79 Å². The number of aromatic nitrogens is 4. The number of hydrogen-bond acceptors (Lipinski definition) is 6. The lowest BCUT2D eigenvalue weighted by Crippen LogP contribution is -2.05. The Hall–Kier alpha value is -3.11. The van der Waals surface area contributed by atoms with Crippen molar-refractivity contribution in [2.24, 2.45) is 0 Å². The van der Waals surface area contributed by atoms with Crippen molar-refractivity contribution in [3.05, 3.63) is 65.2 Å². The summed E-state index contributed by atoms with van der Waals surface area (Å²) < 4.78 is 6.81. The molecule has 0 aliphatic carbocycles. The number of aryl methyl sites for hydroxylation is 2. The summed E-state index contributed by atoms with van der Waals surface area (Å²) in [4.78, 5) is 11.9. The molecular formula is C20H18N4O2S. The van der Waals surface area contributed by atoms with Gasteiger partial charge < -0.3 is 4.74 Å². The van der Waals surface area contributed by atoms with Gasteiger partial charge in [-0.05, 0) is 48.5 Å². The van der Waals surface area contributed by atoms with Gasteiger partial charge in [-0.25, -0.2) is 4.79 Å². The van der Waals surface area contributed by atoms with Gasteiger partial charge in [-0.2, -0.15) is 4.68 Å². The summed E-state index contributed by atoms with van der Waals surface area (Å²) >= 11 is 1.42. The zero-order chi connectivity index (χ0) is 19.1. The molecule has 7 heteroatoms. The molecule has 3 rings (SSSR count). The number of carbonyl (C=O) groups excluding carboxylic acids is 1. The van der Waals surface area contributed by atoms with Gasteiger partial charge in [0.15, 0.2) is 6.61 Å². The van der Waals surface area contributed by atoms with Gasteiger partial charge in [0, 0.05) is 0 Å². The molecule has 2 aromatic carbocycles. The van der Waals surface area contributed by atoms with E-state index in [1.807, 2.05) is 50.2 Å². The van der Waals surface area contributed by atoms with Gasteiger partial charge in [0.2, 0.25) is 5.16 Å². The van der Waals surface area contributed by atoms with Crippen LogP contribution in [0.25, 0.3) is 5.69 Å². The smallest absolute Gasteiger partial charge is 0.339 e. The third kappa shape index (κ3) is 5.19. The average molecular weight is 378 g/mol. The molecule has 0 saturated heterocycles. The van der Waals surface area contributed by atoms with Gasteiger partial charge in [0.25, 0.3) is 0 Å². The van der Waals surface area contributed by atoms with Crippen molar-refractivity contribution >= 4 is 17.7 Å². The molecule has 3 aromatic rings. The van der Waals surface area contributed by atoms with Crippen molar-refractivity contribution in [1.29, 1.82) is 0 Å². The zero-order valence-corrected chi connectivity index (χ0v) is 15.9. The molecule has 1 aromatic heterocycles. The predicted octanol–water partition coefficient (Wildman–Crippen LogP) is 3.23. The first-order chi connectivity index (χ1) is 13.1. The minimum atomic E-state index is -0.375. The fourth-order valence-electron chi connectivity index (χ4n) is 2.19. The number of ether oxygens (including phenoxy) is 1. The Balaban J connectivity index is 1.49. The summed E-state index contributed by atoms with van der Waals surface area (Å²) in [6, 6.07) is 15.2. The number of hydrogen-bond donors (Lipinski definition) is 0. The van der Waals surface area contributed by atoms with Crippen LogP contribution >= 0.6 is 11.8 Å². The van der Waals surface area contributed by atoms with E-state index in [1.165, 1.54) is 17.3 Å². The van der Waals surface area contributed by atoms with Gasteiger partial charge in [0.05, 0.1) is 17.0 Å². The van der Waals surface area contributed by atoms with Gasteiger partial charge in [-0.3, -0.25) is 0 Å². The van der Waals surface area contributed by atoms with Gasteiger partial charge in [-0.15, -0.1) is 5.10 Å². The molecule has 0 saturated carbocycles. The Morgan fingerprint density at radius 2 is 1.70 bits per heavy atom. The monoisotopic (exact) mass is 378 g/mol. The van der Waals surface area contributed by atoms with Crippen molar-refractivity contribution in [2.75, 3.05) is 12.4 Å². The van der Waals surface area contributed by atoms with Crippen LogP contribution in [-0.2, 0) is 4.74 Å². The summed E-state index contributed by atoms with van der Waals surface area (Å²) in [7, 11) is 0. The number of tetrazole rings is 1. The highest BCUT2D eigenvalue weighted by molar-refractivity contribution is 7.99. The third-order valence-electron chi connectivity index (χ3n) is 3.68. The highest BCUT2D eigenvalue weighted by atomic mass is 32.2. The Morgan fingerprint density at radius 3 is 2.41 bits per heavy atom. The van der Waals surface area contributed by atoms with Crippen LogP contribution in [-0.4, -0.2) is 38.5 Å². The standard InChI is InChI=1S/C20H18N4O2S/c1-15-5-9-17(10-6-15)19(25)26-13-3-4-14-27-20-21-22-23-24(20)18-11-7-16(2)8-12-18/h5-12H,13-14H2,1-2H3. The second-order valence-corrected chi connectivity index (χ2v) is 6.74. The SMILES string of the molecule is Cc1ccc(C(=O)OCC#CCSc2nnnn2-c2ccc(C)cc2)cc1. The molecule has 136 valence electrons. The Labute approximate surface area is 161 Å². The fourth-order valence-corrected chi connectivity index (χ4v) is 2.86. The van der Waals surface area contributed by atoms with Crippen LogP contribution in [0.3, 0.4) is 0 Å². The summed E-state index contributed by atoms with van der Waals surface area (Å²) in [6.07, 6.45) is 0. The van der Waals surface area contributed by atoms with E-state index in [4.69, 9.17) is 4.74 Å². The van der Waals surface area contributed by atoms with Crippen LogP contribution in [0.1, 0.15) is 21.5 Å². The zero-order valence-electron chi connectivity index (χ0n) is 15.0. The van der Waals surface area contributed by atoms with Crippen LogP contribution < -0.4 is 0 Å². The molecule has 0 fully saturated rings. The second-order valence-electron chi connectivity index (χ2n) is 5.79. The largest absolute Gasteiger partial charge is 0.449 e. The molecule has 0 unspecified atom stereocenters. The van der Waals surface area contributed by atoms with Crippen LogP contribution in [0.15, 0.2) is 53.7 Å². The minimum Gasteiger partial charge on any atom is -0.449 e. The Kier molecular flexibility index (Phi) is 6.23. The maximum absolute atomic E-state index is 11.9. The summed E-state index contributed by atoms with van der Waals surface area (Å²) in [5.74, 6) is 5.91. The molecule has 0 bridgehead atoms. The van der Waals surface area contributed by atoms with Gasteiger partial charge in [-0.1, -0.05) is 59.0 Å². The molecule has 6 nitrogen and oxygen atoms in total. The lowest BCUT2D eigenvalue weighted by atomic mass is 10.1. The maximum Gasteiger partial charge on any atom is 0.339 e. The van der Waals surface area contributed by atoms with E-state index in [0.29, 0.717) is 16.5 Å². The molecule has 1 heterocycles. The van der Waals surface area contributed by atoms with Gasteiger partial charge >= 0.3 is 5.97 Å². The summed E-state index contributed by atoms with van der Waals surface area (Å²) in [6.45, 7) is 4.05. The van der Waals surface area contributed by atoms with Crippen molar-refractivity contribution in [3.63, 3.8) is 0 Å². The topological polar surface area (TPSA) is 69.9 Å². The van der Waals surface area contributed by atoms with Crippen LogP contribution in [0.5, 0.6) is 0 Å². The third-order valence-corrected chi connectivity index (χ3v) is 4.48. The lowest BCUT2D eigenvalue weighted by molar-refractivity contribution is 0.0556. The van der Waals surface area contributed by atoms with E-state index >= 15 is 0 Å². The first-order valence-electron chi connectivity index (χ1n) is 8.31. The highest BCUT2D eigenvalue weighted by Crippen LogP contribution is 2.17. The molecule has 27 heavy (non-hydrogen) atoms. The number of esters is 1. The Morgan fingerprint density at radius 1 is 1.04 bits per heavy atom. The fraction of sp³-hybridized carbons (Fsp3) is 0.200. The van der Waals surface area contributed by atoms with Gasteiger partial charge in [0.1, 0.15) is 0 Å². The Bertz CT molecular complexity index is 970. The number of thioether (sulfide) groups is 1. The maximum atomic E-state index is 11.9. The minimum absolute atomic E-state index is 0.0518. The highest BCUT2D eigenvalue weighted by Gasteiger charge is 2.08. The molecule has 0 amide bonds. The molecule has 0 radical (unpaired) electrons. The summed E-state index contributed by atoms with van der Waals surface area (Å²) in [5, 5.41) is 12.4. The average Bonchev–Trinajstić information content (AvgIpc) is 3.14. The second kappa shape index (κ2) is 9.01. The molecule has 0 N–H and O–H groups in total. The van der Waals surface area contributed by atoms with E-state index in [1.54, 1.807) is 16.8 Å². The number of nitrogens with zero attached hydrogens (tertiary/aromatic N) is 4. The van der Waals surface area contributed by atoms with Crippen molar-refractivity contribution in [2.45, 2.75) is 19.0 Å². The normalized spacial score (nSPS) is 10.1. The first kappa shape index (κ1) is 18.7. The number of rotatable bonds is 5. The van der Waals surface area contributed by atoms with E-state index in [-0.39, 0.29) is 12.6 Å². The first-order valence-corrected chi connectivity index (χ1v) is 9.30. The van der Waals surface area contributed by atoms with Crippen molar-refractivity contribution in [1.82, 2.24) is 20.2 Å². The van der Waals surface area contributed by atoms with E-state index < -0.39 is 0 Å². The van der Waals surface area contributed by atoms with Crippen LogP contribution in [0.4, 0.5) is 0 Å². The molecule has 0 spiro atoms.